The summed E-state index contributed by atoms with van der Waals surface area (Å²) in [6.07, 6.45) is 1.34. The number of rotatable bonds is 7. The lowest BCUT2D eigenvalue weighted by atomic mass is 10.1. The van der Waals surface area contributed by atoms with E-state index in [-0.39, 0.29) is 25.2 Å². The van der Waals surface area contributed by atoms with Crippen LogP contribution in [0.25, 0.3) is 10.8 Å². The van der Waals surface area contributed by atoms with Gasteiger partial charge in [-0.15, -0.1) is 0 Å². The van der Waals surface area contributed by atoms with E-state index in [1.807, 2.05) is 0 Å². The van der Waals surface area contributed by atoms with Gasteiger partial charge >= 0.3 is 0 Å². The number of amides is 2. The smallest absolute Gasteiger partial charge is 0.251 e. The second-order valence-corrected chi connectivity index (χ2v) is 7.27. The Bertz CT molecular complexity index is 1100. The molecule has 0 atom stereocenters. The van der Waals surface area contributed by atoms with Gasteiger partial charge in [0, 0.05) is 30.4 Å². The Morgan fingerprint density at radius 3 is 2.39 bits per heavy atom. The van der Waals surface area contributed by atoms with Gasteiger partial charge in [-0.1, -0.05) is 48.0 Å². The highest BCUT2D eigenvalue weighted by Crippen LogP contribution is 2.14. The Kier molecular flexibility index (Phi) is 9.81. The van der Waals surface area contributed by atoms with E-state index in [2.05, 4.69) is 54.7 Å². The Morgan fingerprint density at radius 1 is 1.06 bits per heavy atom. The molecule has 0 saturated heterocycles. The quantitative estimate of drug-likeness (QED) is 0.212. The number of nitrogens with one attached hydrogen (secondary N) is 2. The maximum atomic E-state index is 12.7. The van der Waals surface area contributed by atoms with Crippen LogP contribution in [0.3, 0.4) is 0 Å². The summed E-state index contributed by atoms with van der Waals surface area (Å²) in [7, 11) is 0. The summed E-state index contributed by atoms with van der Waals surface area (Å²) in [5, 5.41) is 14.7. The highest BCUT2D eigenvalue weighted by molar-refractivity contribution is 5.94. The molecular formula is C24H28FN5O3. The molecule has 8 nitrogen and oxygen atoms in total. The normalized spacial score (nSPS) is 10.7. The SMILES string of the molecule is Cc1ccc2ccccc2c1.N/C(=C\N(N)CCC(=O)NO)CNC(=O)c1ccc(F)cc1. The Hall–Kier alpha value is -3.95. The van der Waals surface area contributed by atoms with Gasteiger partial charge in [0.05, 0.1) is 6.54 Å². The number of hydrazine groups is 1. The van der Waals surface area contributed by atoms with Crippen molar-refractivity contribution >= 4 is 22.6 Å². The number of hydrogen-bond donors (Lipinski definition) is 5. The maximum absolute atomic E-state index is 12.7. The van der Waals surface area contributed by atoms with Gasteiger partial charge in [-0.3, -0.25) is 14.8 Å². The van der Waals surface area contributed by atoms with Crippen LogP contribution in [0.4, 0.5) is 4.39 Å². The average Bonchev–Trinajstić information content (AvgIpc) is 2.81. The highest BCUT2D eigenvalue weighted by Gasteiger charge is 2.06. The van der Waals surface area contributed by atoms with E-state index in [4.69, 9.17) is 16.8 Å². The molecule has 0 unspecified atom stereocenters. The summed E-state index contributed by atoms with van der Waals surface area (Å²) in [6, 6.07) is 20.0. The van der Waals surface area contributed by atoms with Crippen molar-refractivity contribution in [2.75, 3.05) is 13.1 Å². The molecule has 7 N–H and O–H groups in total. The Labute approximate surface area is 191 Å². The molecule has 0 fully saturated rings. The lowest BCUT2D eigenvalue weighted by molar-refractivity contribution is -0.129. The lowest BCUT2D eigenvalue weighted by Crippen LogP contribution is -2.34. The zero-order valence-electron chi connectivity index (χ0n) is 18.3. The van der Waals surface area contributed by atoms with Crippen LogP contribution in [0.5, 0.6) is 0 Å². The van der Waals surface area contributed by atoms with Gasteiger partial charge in [-0.25, -0.2) is 15.7 Å². The number of nitrogens with two attached hydrogens (primary N) is 2. The minimum atomic E-state index is -0.577. The van der Waals surface area contributed by atoms with Crippen LogP contribution in [-0.4, -0.2) is 35.1 Å². The highest BCUT2D eigenvalue weighted by atomic mass is 19.1. The molecule has 0 radical (unpaired) electrons. The summed E-state index contributed by atoms with van der Waals surface area (Å²) >= 11 is 0. The largest absolute Gasteiger partial charge is 0.399 e. The van der Waals surface area contributed by atoms with Crippen LogP contribution < -0.4 is 22.4 Å². The van der Waals surface area contributed by atoms with Crippen molar-refractivity contribution in [3.8, 4) is 0 Å². The van der Waals surface area contributed by atoms with E-state index in [1.165, 1.54) is 52.3 Å². The van der Waals surface area contributed by atoms with E-state index in [0.717, 1.165) is 5.01 Å². The fraction of sp³-hybridized carbons (Fsp3) is 0.167. The molecule has 2 amide bonds. The van der Waals surface area contributed by atoms with Crippen molar-refractivity contribution in [2.24, 2.45) is 11.6 Å². The van der Waals surface area contributed by atoms with Gasteiger partial charge < -0.3 is 16.1 Å². The molecule has 0 aromatic heterocycles. The molecule has 33 heavy (non-hydrogen) atoms. The number of hydrogen-bond acceptors (Lipinski definition) is 6. The minimum absolute atomic E-state index is 0.0152. The monoisotopic (exact) mass is 453 g/mol. The summed E-state index contributed by atoms with van der Waals surface area (Å²) in [5.74, 6) is 4.16. The minimum Gasteiger partial charge on any atom is -0.399 e. The number of aryl methyl sites for hydroxylation is 1. The summed E-state index contributed by atoms with van der Waals surface area (Å²) in [5.41, 5.74) is 9.05. The molecule has 0 aliphatic rings. The summed E-state index contributed by atoms with van der Waals surface area (Å²) in [6.45, 7) is 2.29. The Morgan fingerprint density at radius 2 is 1.73 bits per heavy atom. The first kappa shape index (κ1) is 25.3. The van der Waals surface area contributed by atoms with Crippen LogP contribution in [0.15, 0.2) is 78.6 Å². The first-order valence-electron chi connectivity index (χ1n) is 10.2. The third kappa shape index (κ3) is 8.98. The summed E-state index contributed by atoms with van der Waals surface area (Å²) in [4.78, 5) is 22.6. The predicted octanol–water partition coefficient (Wildman–Crippen LogP) is 2.58. The van der Waals surface area contributed by atoms with Crippen LogP contribution >= 0.6 is 0 Å². The number of halogens is 1. The molecule has 0 saturated carbocycles. The number of hydroxylamine groups is 1. The van der Waals surface area contributed by atoms with Crippen LogP contribution in [0.2, 0.25) is 0 Å². The van der Waals surface area contributed by atoms with E-state index in [9.17, 15) is 14.0 Å². The second-order valence-electron chi connectivity index (χ2n) is 7.27. The van der Waals surface area contributed by atoms with Crippen molar-refractivity contribution < 1.29 is 19.2 Å². The number of nitrogens with zero attached hydrogens (tertiary/aromatic N) is 1. The van der Waals surface area contributed by atoms with Gasteiger partial charge in [0.2, 0.25) is 5.91 Å². The standard InChI is InChI=1S/C13H18FN5O3.C11H10/c14-10-3-1-9(2-4-10)13(21)17-7-11(15)8-19(16)6-5-12(20)18-22;1-9-6-7-10-4-2-3-5-11(10)8-9/h1-4,8,22H,5-7,15-16H2,(H,17,21)(H,18,20);2-8H,1H3/b11-8-;. The van der Waals surface area contributed by atoms with Crippen molar-refractivity contribution in [1.82, 2.24) is 15.8 Å². The molecule has 0 heterocycles. The van der Waals surface area contributed by atoms with Crippen molar-refractivity contribution in [2.45, 2.75) is 13.3 Å². The summed E-state index contributed by atoms with van der Waals surface area (Å²) < 4.78 is 12.7. The van der Waals surface area contributed by atoms with Crippen molar-refractivity contribution in [3.05, 3.63) is 95.6 Å². The topological polar surface area (TPSA) is 134 Å². The van der Waals surface area contributed by atoms with E-state index >= 15 is 0 Å². The fourth-order valence-electron chi connectivity index (χ4n) is 2.80. The van der Waals surface area contributed by atoms with Crippen LogP contribution in [0, 0.1) is 12.7 Å². The first-order valence-corrected chi connectivity index (χ1v) is 10.2. The fourth-order valence-corrected chi connectivity index (χ4v) is 2.80. The lowest BCUT2D eigenvalue weighted by Gasteiger charge is -2.14. The first-order chi connectivity index (χ1) is 15.8. The molecule has 0 spiro atoms. The number of carbonyl (C=O) groups is 2. The van der Waals surface area contributed by atoms with Gasteiger partial charge in [0.1, 0.15) is 5.82 Å². The average molecular weight is 454 g/mol. The van der Waals surface area contributed by atoms with E-state index in [0.29, 0.717) is 5.56 Å². The van der Waals surface area contributed by atoms with Crippen LogP contribution in [-0.2, 0) is 4.79 Å². The number of carbonyl (C=O) groups excluding carboxylic acids is 2. The molecule has 0 aliphatic heterocycles. The van der Waals surface area contributed by atoms with Crippen molar-refractivity contribution in [3.63, 3.8) is 0 Å². The maximum Gasteiger partial charge on any atom is 0.251 e. The molecular weight excluding hydrogens is 425 g/mol. The predicted molar refractivity (Wildman–Crippen MR) is 125 cm³/mol. The molecule has 3 aromatic rings. The van der Waals surface area contributed by atoms with E-state index in [1.54, 1.807) is 0 Å². The molecule has 9 heteroatoms. The molecule has 3 rings (SSSR count). The third-order valence-corrected chi connectivity index (χ3v) is 4.52. The van der Waals surface area contributed by atoms with Gasteiger partial charge in [0.25, 0.3) is 5.91 Å². The molecule has 174 valence electrons. The van der Waals surface area contributed by atoms with Gasteiger partial charge in [-0.2, -0.15) is 0 Å². The van der Waals surface area contributed by atoms with Crippen molar-refractivity contribution in [1.29, 1.82) is 0 Å². The molecule has 3 aromatic carbocycles. The molecule has 0 bridgehead atoms. The van der Waals surface area contributed by atoms with Crippen LogP contribution in [0.1, 0.15) is 22.3 Å². The van der Waals surface area contributed by atoms with E-state index < -0.39 is 17.6 Å². The van der Waals surface area contributed by atoms with Gasteiger partial charge in [-0.05, 0) is 42.0 Å². The van der Waals surface area contributed by atoms with Gasteiger partial charge in [0.15, 0.2) is 0 Å². The molecule has 0 aliphatic carbocycles. The number of fused-ring (bicyclic) bond motifs is 1. The zero-order chi connectivity index (χ0) is 24.2. The zero-order valence-corrected chi connectivity index (χ0v) is 18.3. The number of benzene rings is 3. The third-order valence-electron chi connectivity index (χ3n) is 4.52. The second kappa shape index (κ2) is 12.8. The Balaban J connectivity index is 0.000000288.